The number of fused-ring (bicyclic) bond motifs is 3. The van der Waals surface area contributed by atoms with Crippen LogP contribution >= 0.6 is 7.82 Å². The minimum absolute atomic E-state index is 0.116. The average Bonchev–Trinajstić information content (AvgIpc) is 3.39. The molecular formula is C26H26N5O6P. The Morgan fingerprint density at radius 2 is 1.76 bits per heavy atom. The highest BCUT2D eigenvalue weighted by atomic mass is 31.2. The van der Waals surface area contributed by atoms with E-state index < -0.39 is 19.6 Å². The number of phosphoric ester groups is 1. The fourth-order valence-corrected chi connectivity index (χ4v) is 5.05. The fourth-order valence-electron chi connectivity index (χ4n) is 4.61. The number of unbranched alkanes of at least 4 members (excludes halogenated alkanes) is 1. The summed E-state index contributed by atoms with van der Waals surface area (Å²) in [6, 6.07) is 12.5. The van der Waals surface area contributed by atoms with Gasteiger partial charge in [-0.3, -0.25) is 24.3 Å². The molecule has 196 valence electrons. The molecule has 0 saturated heterocycles. The molecule has 4 N–H and O–H groups in total. The van der Waals surface area contributed by atoms with Crippen LogP contribution in [0.3, 0.4) is 0 Å². The number of imide groups is 1. The van der Waals surface area contributed by atoms with Crippen LogP contribution in [0, 0.1) is 0 Å². The maximum Gasteiger partial charge on any atom is 0.524 e. The van der Waals surface area contributed by atoms with Gasteiger partial charge in [0.2, 0.25) is 0 Å². The van der Waals surface area contributed by atoms with Crippen molar-refractivity contribution in [2.24, 2.45) is 0 Å². The number of nitrogens with zero attached hydrogens (tertiary/aromatic N) is 4. The largest absolute Gasteiger partial charge is 0.524 e. The molecule has 2 amide bonds. The number of anilines is 1. The average molecular weight is 535 g/mol. The lowest BCUT2D eigenvalue weighted by Gasteiger charge is -2.19. The first kappa shape index (κ1) is 25.6. The van der Waals surface area contributed by atoms with Gasteiger partial charge in [0.25, 0.3) is 11.8 Å². The molecule has 3 heterocycles. The number of carbonyl (C=O) groups excluding carboxylic acids is 2. The zero-order chi connectivity index (χ0) is 27.0. The van der Waals surface area contributed by atoms with Gasteiger partial charge in [0.05, 0.1) is 17.6 Å². The van der Waals surface area contributed by atoms with E-state index in [4.69, 9.17) is 15.2 Å². The van der Waals surface area contributed by atoms with Gasteiger partial charge in [0.1, 0.15) is 17.1 Å². The third kappa shape index (κ3) is 5.04. The molecule has 0 aliphatic carbocycles. The van der Waals surface area contributed by atoms with Crippen molar-refractivity contribution in [2.45, 2.75) is 39.3 Å². The number of nitrogens with two attached hydrogens (primary N) is 1. The summed E-state index contributed by atoms with van der Waals surface area (Å²) in [6.07, 6.45) is 4.91. The number of aryl methyl sites for hydroxylation is 1. The van der Waals surface area contributed by atoms with Crippen molar-refractivity contribution in [1.29, 1.82) is 0 Å². The van der Waals surface area contributed by atoms with E-state index in [1.807, 2.05) is 24.3 Å². The van der Waals surface area contributed by atoms with E-state index in [0.29, 0.717) is 24.3 Å². The standard InChI is InChI=1S/C26H26N5O6P/c1-2-3-8-21-29-24-25(18-6-4-5-7-19(18)28-26(24)27)30(21)14-16-9-10-20(37-38(34,35)36)17(13-16)15-31-22(32)11-12-23(31)33/h4-7,9-13H,2-3,8,14-15H2,1H3,(H2,27,28)(H2,34,35,36). The monoisotopic (exact) mass is 535 g/mol. The van der Waals surface area contributed by atoms with Gasteiger partial charge in [-0.1, -0.05) is 37.6 Å². The summed E-state index contributed by atoms with van der Waals surface area (Å²) in [5.41, 5.74) is 9.51. The summed E-state index contributed by atoms with van der Waals surface area (Å²) in [5.74, 6) is 0.0202. The molecule has 0 bridgehead atoms. The van der Waals surface area contributed by atoms with Crippen LogP contribution in [0.2, 0.25) is 0 Å². The fraction of sp³-hybridized carbons (Fsp3) is 0.231. The summed E-state index contributed by atoms with van der Waals surface area (Å²) >= 11 is 0. The number of aromatic nitrogens is 3. The molecule has 0 atom stereocenters. The summed E-state index contributed by atoms with van der Waals surface area (Å²) in [7, 11) is -4.89. The van der Waals surface area contributed by atoms with Gasteiger partial charge in [-0.2, -0.15) is 0 Å². The van der Waals surface area contributed by atoms with Gasteiger partial charge >= 0.3 is 7.82 Å². The predicted octanol–water partition coefficient (Wildman–Crippen LogP) is 3.45. The summed E-state index contributed by atoms with van der Waals surface area (Å²) in [4.78, 5) is 53.5. The van der Waals surface area contributed by atoms with Gasteiger partial charge in [-0.25, -0.2) is 14.5 Å². The maximum absolute atomic E-state index is 12.2. The first-order valence-corrected chi connectivity index (χ1v) is 13.6. The number of carbonyl (C=O) groups is 2. The first-order valence-electron chi connectivity index (χ1n) is 12.1. The number of nitrogen functional groups attached to an aromatic ring is 1. The molecule has 2 aromatic heterocycles. The third-order valence-electron chi connectivity index (χ3n) is 6.36. The van der Waals surface area contributed by atoms with Crippen molar-refractivity contribution < 1.29 is 28.5 Å². The van der Waals surface area contributed by atoms with Crippen molar-refractivity contribution in [3.8, 4) is 5.75 Å². The number of pyridine rings is 1. The number of amides is 2. The van der Waals surface area contributed by atoms with Gasteiger partial charge in [0, 0.05) is 36.1 Å². The molecule has 5 rings (SSSR count). The zero-order valence-corrected chi connectivity index (χ0v) is 21.5. The number of phosphoric acid groups is 1. The molecular weight excluding hydrogens is 509 g/mol. The number of rotatable bonds is 9. The number of para-hydroxylation sites is 1. The normalized spacial score (nSPS) is 13.8. The Labute approximate surface area is 217 Å². The Hall–Kier alpha value is -4.05. The molecule has 38 heavy (non-hydrogen) atoms. The Balaban J connectivity index is 1.62. The zero-order valence-electron chi connectivity index (χ0n) is 20.6. The van der Waals surface area contributed by atoms with E-state index in [-0.39, 0.29) is 17.9 Å². The van der Waals surface area contributed by atoms with Crippen LogP contribution in [0.15, 0.2) is 54.6 Å². The second-order valence-electron chi connectivity index (χ2n) is 9.05. The Kier molecular flexibility index (Phi) is 6.75. The van der Waals surface area contributed by atoms with Crippen LogP contribution in [0.25, 0.3) is 21.9 Å². The van der Waals surface area contributed by atoms with Gasteiger partial charge < -0.3 is 14.8 Å². The molecule has 0 unspecified atom stereocenters. The topological polar surface area (TPSA) is 161 Å². The highest BCUT2D eigenvalue weighted by Crippen LogP contribution is 2.40. The molecule has 12 heteroatoms. The molecule has 0 fully saturated rings. The maximum atomic E-state index is 12.2. The molecule has 11 nitrogen and oxygen atoms in total. The molecule has 1 aliphatic rings. The molecule has 0 radical (unpaired) electrons. The molecule has 0 saturated carbocycles. The lowest BCUT2D eigenvalue weighted by molar-refractivity contribution is -0.137. The minimum Gasteiger partial charge on any atom is -0.404 e. The lowest BCUT2D eigenvalue weighted by atomic mass is 10.1. The quantitative estimate of drug-likeness (QED) is 0.215. The molecule has 0 spiro atoms. The van der Waals surface area contributed by atoms with Crippen LogP contribution in [0.4, 0.5) is 5.82 Å². The Morgan fingerprint density at radius 3 is 2.47 bits per heavy atom. The van der Waals surface area contributed by atoms with Crippen LogP contribution in [0.1, 0.15) is 36.7 Å². The van der Waals surface area contributed by atoms with Crippen molar-refractivity contribution in [3.05, 3.63) is 71.6 Å². The summed E-state index contributed by atoms with van der Waals surface area (Å²) < 4.78 is 18.5. The highest BCUT2D eigenvalue weighted by Gasteiger charge is 2.27. The molecule has 2 aromatic carbocycles. The minimum atomic E-state index is -4.89. The number of hydrogen-bond donors (Lipinski definition) is 3. The SMILES string of the molecule is CCCCc1nc2c(N)nc3ccccc3c2n1Cc1ccc(OP(=O)(O)O)c(CN2C(=O)C=CC2=O)c1. The van der Waals surface area contributed by atoms with Gasteiger partial charge in [-0.15, -0.1) is 0 Å². The van der Waals surface area contributed by atoms with E-state index in [1.165, 1.54) is 6.07 Å². The van der Waals surface area contributed by atoms with Crippen LogP contribution in [0.5, 0.6) is 5.75 Å². The highest BCUT2D eigenvalue weighted by molar-refractivity contribution is 7.46. The third-order valence-corrected chi connectivity index (χ3v) is 6.79. The van der Waals surface area contributed by atoms with Gasteiger partial charge in [-0.05, 0) is 30.2 Å². The van der Waals surface area contributed by atoms with E-state index in [0.717, 1.165) is 57.7 Å². The van der Waals surface area contributed by atoms with E-state index in [1.54, 1.807) is 12.1 Å². The van der Waals surface area contributed by atoms with Crippen molar-refractivity contribution in [1.82, 2.24) is 19.4 Å². The Morgan fingerprint density at radius 1 is 1.03 bits per heavy atom. The Bertz CT molecular complexity index is 1640. The van der Waals surface area contributed by atoms with Crippen LogP contribution in [-0.4, -0.2) is 41.0 Å². The molecule has 1 aliphatic heterocycles. The number of imidazole rings is 1. The number of benzene rings is 2. The van der Waals surface area contributed by atoms with Crippen molar-refractivity contribution in [3.63, 3.8) is 0 Å². The first-order chi connectivity index (χ1) is 18.1. The van der Waals surface area contributed by atoms with E-state index >= 15 is 0 Å². The lowest BCUT2D eigenvalue weighted by Crippen LogP contribution is -2.29. The molecule has 4 aromatic rings. The van der Waals surface area contributed by atoms with Crippen molar-refractivity contribution in [2.75, 3.05) is 5.73 Å². The second-order valence-corrected chi connectivity index (χ2v) is 10.2. The summed E-state index contributed by atoms with van der Waals surface area (Å²) in [5, 5.41) is 0.896. The van der Waals surface area contributed by atoms with Crippen LogP contribution in [-0.2, 0) is 33.7 Å². The van der Waals surface area contributed by atoms with E-state index in [9.17, 15) is 23.9 Å². The smallest absolute Gasteiger partial charge is 0.404 e. The van der Waals surface area contributed by atoms with Crippen LogP contribution < -0.4 is 10.3 Å². The van der Waals surface area contributed by atoms with Gasteiger partial charge in [0.15, 0.2) is 5.82 Å². The second kappa shape index (κ2) is 10.0. The van der Waals surface area contributed by atoms with Crippen molar-refractivity contribution >= 4 is 47.4 Å². The predicted molar refractivity (Wildman–Crippen MR) is 141 cm³/mol. The summed E-state index contributed by atoms with van der Waals surface area (Å²) in [6.45, 7) is 2.24. The number of hydrogen-bond acceptors (Lipinski definition) is 7. The van der Waals surface area contributed by atoms with E-state index in [2.05, 4.69) is 16.5 Å².